The molecule has 0 radical (unpaired) electrons. The highest BCUT2D eigenvalue weighted by Gasteiger charge is 2.15. The fourth-order valence-corrected chi connectivity index (χ4v) is 3.06. The number of carboxylic acids is 1. The summed E-state index contributed by atoms with van der Waals surface area (Å²) in [6, 6.07) is 0. The van der Waals surface area contributed by atoms with Gasteiger partial charge < -0.3 is 14.7 Å². The van der Waals surface area contributed by atoms with Crippen LogP contribution in [0.4, 0.5) is 5.13 Å². The molecule has 0 bridgehead atoms. The molecular formula is C9H13N3O3S2. The number of anilines is 1. The Bertz CT molecular complexity index is 377. The van der Waals surface area contributed by atoms with E-state index in [0.717, 1.165) is 31.2 Å². The smallest absolute Gasteiger partial charge is 0.313 e. The average Bonchev–Trinajstić information content (AvgIpc) is 2.60. The summed E-state index contributed by atoms with van der Waals surface area (Å²) in [5, 5.41) is 17.5. The second kappa shape index (κ2) is 6.18. The molecule has 17 heavy (non-hydrogen) atoms. The first kappa shape index (κ1) is 12.6. The molecule has 0 aromatic carbocycles. The summed E-state index contributed by atoms with van der Waals surface area (Å²) in [5.41, 5.74) is 0. The van der Waals surface area contributed by atoms with E-state index in [2.05, 4.69) is 15.1 Å². The van der Waals surface area contributed by atoms with E-state index in [1.54, 1.807) is 0 Å². The Morgan fingerprint density at radius 2 is 2.35 bits per heavy atom. The monoisotopic (exact) mass is 275 g/mol. The number of ether oxygens (including phenoxy) is 1. The molecule has 0 unspecified atom stereocenters. The molecule has 0 amide bonds. The van der Waals surface area contributed by atoms with Crippen molar-refractivity contribution in [2.45, 2.75) is 10.8 Å². The van der Waals surface area contributed by atoms with Gasteiger partial charge in [-0.25, -0.2) is 0 Å². The normalized spacial score (nSPS) is 16.8. The van der Waals surface area contributed by atoms with Gasteiger partial charge >= 0.3 is 5.97 Å². The lowest BCUT2D eigenvalue weighted by Crippen LogP contribution is -2.25. The van der Waals surface area contributed by atoms with Crippen LogP contribution >= 0.6 is 23.1 Å². The summed E-state index contributed by atoms with van der Waals surface area (Å²) in [6.07, 6.45) is 0.983. The van der Waals surface area contributed by atoms with Gasteiger partial charge in [-0.05, 0) is 6.42 Å². The van der Waals surface area contributed by atoms with Gasteiger partial charge in [-0.2, -0.15) is 0 Å². The van der Waals surface area contributed by atoms with Crippen molar-refractivity contribution >= 4 is 34.2 Å². The minimum absolute atomic E-state index is 0.0255. The largest absolute Gasteiger partial charge is 0.481 e. The summed E-state index contributed by atoms with van der Waals surface area (Å²) in [6.45, 7) is 3.23. The Labute approximate surface area is 107 Å². The van der Waals surface area contributed by atoms with Crippen LogP contribution in [0.2, 0.25) is 0 Å². The van der Waals surface area contributed by atoms with Crippen molar-refractivity contribution in [2.75, 3.05) is 37.0 Å². The summed E-state index contributed by atoms with van der Waals surface area (Å²) in [7, 11) is 0. The Morgan fingerprint density at radius 1 is 1.47 bits per heavy atom. The highest BCUT2D eigenvalue weighted by atomic mass is 32.2. The minimum atomic E-state index is -0.838. The van der Waals surface area contributed by atoms with Gasteiger partial charge in [0.05, 0.1) is 12.4 Å². The first-order valence-corrected chi connectivity index (χ1v) is 7.07. The maximum absolute atomic E-state index is 10.4. The number of thioether (sulfide) groups is 1. The van der Waals surface area contributed by atoms with Crippen LogP contribution in [-0.2, 0) is 9.53 Å². The number of aromatic nitrogens is 2. The SMILES string of the molecule is O=C(O)CSc1nnc(N2CCCOCC2)s1. The zero-order valence-corrected chi connectivity index (χ0v) is 10.8. The second-order valence-corrected chi connectivity index (χ2v) is 5.66. The third-order valence-corrected chi connectivity index (χ3v) is 4.31. The van der Waals surface area contributed by atoms with E-state index >= 15 is 0 Å². The zero-order valence-electron chi connectivity index (χ0n) is 9.16. The third kappa shape index (κ3) is 3.83. The molecule has 94 valence electrons. The molecule has 1 aliphatic rings. The standard InChI is InChI=1S/C9H13N3O3S2/c13-7(14)6-16-9-11-10-8(17-9)12-2-1-4-15-5-3-12/h1-6H2,(H,13,14). The lowest BCUT2D eigenvalue weighted by atomic mass is 10.4. The molecule has 1 aromatic heterocycles. The van der Waals surface area contributed by atoms with Crippen LogP contribution in [-0.4, -0.2) is 53.3 Å². The van der Waals surface area contributed by atoms with Gasteiger partial charge in [0.15, 0.2) is 4.34 Å². The molecule has 1 saturated heterocycles. The Balaban J connectivity index is 1.94. The number of nitrogens with zero attached hydrogens (tertiary/aromatic N) is 3. The summed E-state index contributed by atoms with van der Waals surface area (Å²) in [4.78, 5) is 12.6. The van der Waals surface area contributed by atoms with Crippen molar-refractivity contribution < 1.29 is 14.6 Å². The molecule has 1 aliphatic heterocycles. The molecule has 0 aliphatic carbocycles. The Kier molecular flexibility index (Phi) is 4.57. The Morgan fingerprint density at radius 3 is 3.18 bits per heavy atom. The second-order valence-electron chi connectivity index (χ2n) is 3.49. The van der Waals surface area contributed by atoms with Gasteiger partial charge in [0.25, 0.3) is 0 Å². The van der Waals surface area contributed by atoms with Gasteiger partial charge in [0.2, 0.25) is 5.13 Å². The van der Waals surface area contributed by atoms with Crippen LogP contribution in [0.15, 0.2) is 4.34 Å². The van der Waals surface area contributed by atoms with Crippen molar-refractivity contribution in [3.63, 3.8) is 0 Å². The third-order valence-electron chi connectivity index (χ3n) is 2.21. The van der Waals surface area contributed by atoms with Crippen LogP contribution in [0, 0.1) is 0 Å². The van der Waals surface area contributed by atoms with Crippen LogP contribution in [0.25, 0.3) is 0 Å². The van der Waals surface area contributed by atoms with Crippen LogP contribution in [0.3, 0.4) is 0 Å². The van der Waals surface area contributed by atoms with E-state index in [4.69, 9.17) is 9.84 Å². The van der Waals surface area contributed by atoms with Crippen LogP contribution in [0.5, 0.6) is 0 Å². The molecule has 1 aromatic rings. The van der Waals surface area contributed by atoms with E-state index in [1.165, 1.54) is 23.1 Å². The van der Waals surface area contributed by atoms with Gasteiger partial charge in [0.1, 0.15) is 0 Å². The van der Waals surface area contributed by atoms with E-state index in [9.17, 15) is 4.79 Å². The van der Waals surface area contributed by atoms with E-state index < -0.39 is 5.97 Å². The van der Waals surface area contributed by atoms with E-state index in [1.807, 2.05) is 0 Å². The van der Waals surface area contributed by atoms with Gasteiger partial charge in [-0.1, -0.05) is 23.1 Å². The lowest BCUT2D eigenvalue weighted by Gasteiger charge is -2.16. The fraction of sp³-hybridized carbons (Fsp3) is 0.667. The number of rotatable bonds is 4. The minimum Gasteiger partial charge on any atom is -0.481 e. The number of hydrogen-bond donors (Lipinski definition) is 1. The fourth-order valence-electron chi connectivity index (χ4n) is 1.45. The Hall–Kier alpha value is -0.860. The van der Waals surface area contributed by atoms with Gasteiger partial charge in [-0.15, -0.1) is 10.2 Å². The first-order valence-electron chi connectivity index (χ1n) is 5.26. The van der Waals surface area contributed by atoms with Gasteiger partial charge in [-0.3, -0.25) is 4.79 Å². The van der Waals surface area contributed by atoms with Crippen molar-refractivity contribution in [3.05, 3.63) is 0 Å². The molecule has 0 saturated carbocycles. The van der Waals surface area contributed by atoms with Crippen molar-refractivity contribution in [1.29, 1.82) is 0 Å². The molecule has 8 heteroatoms. The van der Waals surface area contributed by atoms with Crippen molar-refractivity contribution in [1.82, 2.24) is 10.2 Å². The lowest BCUT2D eigenvalue weighted by molar-refractivity contribution is -0.133. The maximum Gasteiger partial charge on any atom is 0.313 e. The van der Waals surface area contributed by atoms with Crippen molar-refractivity contribution in [2.24, 2.45) is 0 Å². The summed E-state index contributed by atoms with van der Waals surface area (Å²) >= 11 is 2.64. The van der Waals surface area contributed by atoms with Crippen LogP contribution < -0.4 is 4.90 Å². The topological polar surface area (TPSA) is 75.5 Å². The van der Waals surface area contributed by atoms with Gasteiger partial charge in [0, 0.05) is 19.7 Å². The maximum atomic E-state index is 10.4. The van der Waals surface area contributed by atoms with E-state index in [-0.39, 0.29) is 5.75 Å². The molecule has 0 atom stereocenters. The van der Waals surface area contributed by atoms with Crippen LogP contribution in [0.1, 0.15) is 6.42 Å². The van der Waals surface area contributed by atoms with E-state index in [0.29, 0.717) is 10.9 Å². The molecular weight excluding hydrogens is 262 g/mol. The van der Waals surface area contributed by atoms with Crippen molar-refractivity contribution in [3.8, 4) is 0 Å². The first-order chi connectivity index (χ1) is 8.25. The molecule has 0 spiro atoms. The molecule has 1 N–H and O–H groups in total. The molecule has 1 fully saturated rings. The average molecular weight is 275 g/mol. The molecule has 6 nitrogen and oxygen atoms in total. The summed E-state index contributed by atoms with van der Waals surface area (Å²) < 4.78 is 6.07. The predicted molar refractivity (Wildman–Crippen MR) is 65.9 cm³/mol. The zero-order chi connectivity index (χ0) is 12.1. The quantitative estimate of drug-likeness (QED) is 0.819. The number of aliphatic carboxylic acids is 1. The summed E-state index contributed by atoms with van der Waals surface area (Å²) in [5.74, 6) is -0.812. The number of hydrogen-bond acceptors (Lipinski definition) is 7. The highest BCUT2D eigenvalue weighted by molar-refractivity contribution is 8.01. The molecule has 2 rings (SSSR count). The number of carboxylic acid groups (broad SMARTS) is 1. The highest BCUT2D eigenvalue weighted by Crippen LogP contribution is 2.28. The predicted octanol–water partition coefficient (Wildman–Crippen LogP) is 0.942. The molecule has 2 heterocycles. The number of carbonyl (C=O) groups is 1.